The number of rotatable bonds is 3. The minimum Gasteiger partial charge on any atom is -0.378 e. The van der Waals surface area contributed by atoms with Crippen molar-refractivity contribution in [2.24, 2.45) is 0 Å². The van der Waals surface area contributed by atoms with Crippen molar-refractivity contribution in [3.63, 3.8) is 0 Å². The van der Waals surface area contributed by atoms with Crippen molar-refractivity contribution in [3.8, 4) is 0 Å². The van der Waals surface area contributed by atoms with Gasteiger partial charge >= 0.3 is 6.18 Å². The first-order valence-corrected chi connectivity index (χ1v) is 6.78. The average Bonchev–Trinajstić information content (AvgIpc) is 2.41. The predicted molar refractivity (Wildman–Crippen MR) is 79.4 cm³/mol. The lowest BCUT2D eigenvalue weighted by molar-refractivity contribution is -0.137. The van der Waals surface area contributed by atoms with Gasteiger partial charge in [0.2, 0.25) is 0 Å². The van der Waals surface area contributed by atoms with Crippen LogP contribution in [0.3, 0.4) is 0 Å². The van der Waals surface area contributed by atoms with Crippen LogP contribution in [0.4, 0.5) is 18.9 Å². The summed E-state index contributed by atoms with van der Waals surface area (Å²) < 4.78 is 38.2. The topological polar surface area (TPSA) is 12.0 Å². The molecule has 0 bridgehead atoms. The van der Waals surface area contributed by atoms with Crippen LogP contribution in [-0.2, 0) is 6.18 Å². The highest BCUT2D eigenvalue weighted by Crippen LogP contribution is 2.31. The van der Waals surface area contributed by atoms with E-state index in [2.05, 4.69) is 11.4 Å². The highest BCUT2D eigenvalue weighted by molar-refractivity contribution is 5.49. The number of hydrogen-bond donors (Lipinski definition) is 1. The van der Waals surface area contributed by atoms with Gasteiger partial charge in [-0.2, -0.15) is 13.2 Å². The zero-order chi connectivity index (χ0) is 15.6. The second kappa shape index (κ2) is 5.80. The van der Waals surface area contributed by atoms with Crippen molar-refractivity contribution in [1.82, 2.24) is 0 Å². The summed E-state index contributed by atoms with van der Waals surface area (Å²) in [5, 5.41) is 3.14. The SMILES string of the molecule is Cc1ccc(C)c(C(C)Nc2cccc(C(F)(F)F)c2)c1. The monoisotopic (exact) mass is 293 g/mol. The van der Waals surface area contributed by atoms with Gasteiger partial charge in [-0.15, -0.1) is 0 Å². The zero-order valence-electron chi connectivity index (χ0n) is 12.3. The molecule has 2 aromatic carbocycles. The van der Waals surface area contributed by atoms with Crippen molar-refractivity contribution in [1.29, 1.82) is 0 Å². The van der Waals surface area contributed by atoms with Gasteiger partial charge in [0.25, 0.3) is 0 Å². The number of hydrogen-bond acceptors (Lipinski definition) is 1. The van der Waals surface area contributed by atoms with Gasteiger partial charge in [-0.25, -0.2) is 0 Å². The van der Waals surface area contributed by atoms with Crippen molar-refractivity contribution < 1.29 is 13.2 Å². The summed E-state index contributed by atoms with van der Waals surface area (Å²) in [6.45, 7) is 5.95. The molecule has 2 rings (SSSR count). The van der Waals surface area contributed by atoms with E-state index in [0.717, 1.165) is 28.8 Å². The van der Waals surface area contributed by atoms with Crippen LogP contribution in [-0.4, -0.2) is 0 Å². The molecule has 1 atom stereocenters. The van der Waals surface area contributed by atoms with Crippen LogP contribution in [0, 0.1) is 13.8 Å². The third-order valence-corrected chi connectivity index (χ3v) is 3.47. The second-order valence-electron chi connectivity index (χ2n) is 5.30. The maximum Gasteiger partial charge on any atom is 0.416 e. The Morgan fingerprint density at radius 2 is 1.71 bits per heavy atom. The van der Waals surface area contributed by atoms with Crippen LogP contribution in [0.5, 0.6) is 0 Å². The van der Waals surface area contributed by atoms with Gasteiger partial charge in [-0.3, -0.25) is 0 Å². The largest absolute Gasteiger partial charge is 0.416 e. The van der Waals surface area contributed by atoms with Gasteiger partial charge in [0, 0.05) is 11.7 Å². The number of benzene rings is 2. The number of aryl methyl sites for hydroxylation is 2. The summed E-state index contributed by atoms with van der Waals surface area (Å²) in [6.07, 6.45) is -4.32. The Kier molecular flexibility index (Phi) is 4.26. The van der Waals surface area contributed by atoms with Crippen LogP contribution >= 0.6 is 0 Å². The molecule has 2 aromatic rings. The summed E-state index contributed by atoms with van der Waals surface area (Å²) in [7, 11) is 0. The molecule has 0 saturated carbocycles. The van der Waals surface area contributed by atoms with E-state index in [1.54, 1.807) is 6.07 Å². The fraction of sp³-hybridized carbons (Fsp3) is 0.294. The molecule has 0 aliphatic rings. The Balaban J connectivity index is 2.23. The van der Waals surface area contributed by atoms with Gasteiger partial charge < -0.3 is 5.32 Å². The first-order valence-electron chi connectivity index (χ1n) is 6.78. The standard InChI is InChI=1S/C17H18F3N/c1-11-7-8-12(2)16(9-11)13(3)21-15-6-4-5-14(10-15)17(18,19)20/h4-10,13,21H,1-3H3. The molecule has 0 heterocycles. The van der Waals surface area contributed by atoms with E-state index in [-0.39, 0.29) is 6.04 Å². The normalized spacial score (nSPS) is 13.0. The van der Waals surface area contributed by atoms with Crippen LogP contribution in [0.25, 0.3) is 0 Å². The number of halogens is 3. The van der Waals surface area contributed by atoms with Gasteiger partial charge in [0.05, 0.1) is 5.56 Å². The Hall–Kier alpha value is -1.97. The van der Waals surface area contributed by atoms with Crippen LogP contribution < -0.4 is 5.32 Å². The minimum atomic E-state index is -4.32. The quantitative estimate of drug-likeness (QED) is 0.788. The molecule has 0 radical (unpaired) electrons. The van der Waals surface area contributed by atoms with Gasteiger partial charge in [-0.05, 0) is 50.1 Å². The molecule has 1 nitrogen and oxygen atoms in total. The average molecular weight is 293 g/mol. The molecule has 21 heavy (non-hydrogen) atoms. The first-order chi connectivity index (χ1) is 9.77. The number of nitrogens with one attached hydrogen (secondary N) is 1. The Morgan fingerprint density at radius 3 is 2.38 bits per heavy atom. The molecule has 1 N–H and O–H groups in total. The summed E-state index contributed by atoms with van der Waals surface area (Å²) in [6, 6.07) is 11.3. The van der Waals surface area contributed by atoms with E-state index in [9.17, 15) is 13.2 Å². The summed E-state index contributed by atoms with van der Waals surface area (Å²) >= 11 is 0. The van der Waals surface area contributed by atoms with Gasteiger partial charge in [-0.1, -0.05) is 29.8 Å². The van der Waals surface area contributed by atoms with E-state index >= 15 is 0 Å². The third kappa shape index (κ3) is 3.78. The fourth-order valence-corrected chi connectivity index (χ4v) is 2.34. The second-order valence-corrected chi connectivity index (χ2v) is 5.30. The Bertz CT molecular complexity index is 632. The molecular formula is C17H18F3N. The molecule has 0 amide bonds. The molecule has 112 valence electrons. The minimum absolute atomic E-state index is 0.0617. The van der Waals surface area contributed by atoms with Crippen LogP contribution in [0.2, 0.25) is 0 Å². The van der Waals surface area contributed by atoms with E-state index in [0.29, 0.717) is 5.69 Å². The highest BCUT2D eigenvalue weighted by Gasteiger charge is 2.30. The predicted octanol–water partition coefficient (Wildman–Crippen LogP) is 5.50. The van der Waals surface area contributed by atoms with Crippen molar-refractivity contribution in [2.75, 3.05) is 5.32 Å². The van der Waals surface area contributed by atoms with Crippen molar-refractivity contribution in [2.45, 2.75) is 33.0 Å². The third-order valence-electron chi connectivity index (χ3n) is 3.47. The van der Waals surface area contributed by atoms with E-state index in [1.807, 2.05) is 32.9 Å². The first kappa shape index (κ1) is 15.4. The molecule has 0 saturated heterocycles. The molecule has 0 spiro atoms. The smallest absolute Gasteiger partial charge is 0.378 e. The maximum absolute atomic E-state index is 12.7. The lowest BCUT2D eigenvalue weighted by Gasteiger charge is -2.19. The number of alkyl halides is 3. The van der Waals surface area contributed by atoms with Gasteiger partial charge in [0.1, 0.15) is 0 Å². The number of anilines is 1. The Labute approximate surface area is 122 Å². The summed E-state index contributed by atoms with van der Waals surface area (Å²) in [5.41, 5.74) is 3.17. The lowest BCUT2D eigenvalue weighted by atomic mass is 9.99. The molecule has 0 aromatic heterocycles. The highest BCUT2D eigenvalue weighted by atomic mass is 19.4. The van der Waals surface area contributed by atoms with Gasteiger partial charge in [0.15, 0.2) is 0 Å². The molecule has 0 fully saturated rings. The fourth-order valence-electron chi connectivity index (χ4n) is 2.34. The van der Waals surface area contributed by atoms with Crippen molar-refractivity contribution >= 4 is 5.69 Å². The molecule has 4 heteroatoms. The van der Waals surface area contributed by atoms with E-state index < -0.39 is 11.7 Å². The maximum atomic E-state index is 12.7. The molecular weight excluding hydrogens is 275 g/mol. The molecule has 0 aliphatic carbocycles. The summed E-state index contributed by atoms with van der Waals surface area (Å²) in [4.78, 5) is 0. The van der Waals surface area contributed by atoms with Crippen molar-refractivity contribution in [3.05, 3.63) is 64.7 Å². The summed E-state index contributed by atoms with van der Waals surface area (Å²) in [5.74, 6) is 0. The molecule has 1 unspecified atom stereocenters. The van der Waals surface area contributed by atoms with E-state index in [4.69, 9.17) is 0 Å². The van der Waals surface area contributed by atoms with Crippen LogP contribution in [0.1, 0.15) is 35.2 Å². The van der Waals surface area contributed by atoms with Crippen LogP contribution in [0.15, 0.2) is 42.5 Å². The van der Waals surface area contributed by atoms with E-state index in [1.165, 1.54) is 6.07 Å². The zero-order valence-corrected chi connectivity index (χ0v) is 12.3. The molecule has 0 aliphatic heterocycles. The lowest BCUT2D eigenvalue weighted by Crippen LogP contribution is -2.10. The Morgan fingerprint density at radius 1 is 1.00 bits per heavy atom.